The Morgan fingerprint density at radius 1 is 1.19 bits per heavy atom. The van der Waals surface area contributed by atoms with Gasteiger partial charge in [-0.3, -0.25) is 20.2 Å². The Morgan fingerprint density at radius 2 is 1.81 bits per heavy atom. The molecule has 0 aliphatic heterocycles. The number of carboxylic acid groups (broad SMARTS) is 1. The van der Waals surface area contributed by atoms with Crippen LogP contribution in [0.2, 0.25) is 0 Å². The number of nitrogens with one attached hydrogen (secondary N) is 3. The summed E-state index contributed by atoms with van der Waals surface area (Å²) in [6.07, 6.45) is 0. The summed E-state index contributed by atoms with van der Waals surface area (Å²) in [5.41, 5.74) is 0. The number of rotatable bonds is 6. The normalized spacial score (nSPS) is 9.94. The lowest BCUT2D eigenvalue weighted by atomic mass is 10.2. The molecule has 3 amide bonds. The van der Waals surface area contributed by atoms with Crippen molar-refractivity contribution in [2.75, 3.05) is 19.6 Å². The number of urea groups is 1. The second kappa shape index (κ2) is 7.63. The number of carbonyl (C=O) groups is 3. The van der Waals surface area contributed by atoms with E-state index in [0.717, 1.165) is 0 Å². The molecule has 0 aromatic heterocycles. The van der Waals surface area contributed by atoms with E-state index in [9.17, 15) is 14.4 Å². The first-order chi connectivity index (χ1) is 7.41. The monoisotopic (exact) mass is 231 g/mol. The highest BCUT2D eigenvalue weighted by Crippen LogP contribution is 1.86. The van der Waals surface area contributed by atoms with Crippen LogP contribution in [0.5, 0.6) is 0 Å². The lowest BCUT2D eigenvalue weighted by molar-refractivity contribution is -0.135. The van der Waals surface area contributed by atoms with Crippen molar-refractivity contribution in [3.8, 4) is 0 Å². The number of imide groups is 1. The third kappa shape index (κ3) is 8.95. The van der Waals surface area contributed by atoms with Crippen LogP contribution in [0, 0.1) is 5.92 Å². The number of hydrogen-bond acceptors (Lipinski definition) is 4. The van der Waals surface area contributed by atoms with E-state index in [1.807, 2.05) is 13.8 Å². The molecular weight excluding hydrogens is 214 g/mol. The van der Waals surface area contributed by atoms with Crippen LogP contribution in [0.4, 0.5) is 4.79 Å². The van der Waals surface area contributed by atoms with E-state index in [2.05, 4.69) is 16.0 Å². The molecule has 0 saturated carbocycles. The first-order valence-corrected chi connectivity index (χ1v) is 4.92. The molecule has 16 heavy (non-hydrogen) atoms. The molecule has 0 unspecified atom stereocenters. The molecule has 0 spiro atoms. The molecule has 0 aromatic rings. The lowest BCUT2D eigenvalue weighted by Crippen LogP contribution is -2.44. The Labute approximate surface area is 93.6 Å². The van der Waals surface area contributed by atoms with Gasteiger partial charge in [0.05, 0.1) is 13.1 Å². The van der Waals surface area contributed by atoms with Crippen LogP contribution in [0.25, 0.3) is 0 Å². The Kier molecular flexibility index (Phi) is 6.86. The number of hydrogen-bond donors (Lipinski definition) is 4. The van der Waals surface area contributed by atoms with Crippen LogP contribution >= 0.6 is 0 Å². The quantitative estimate of drug-likeness (QED) is 0.476. The van der Waals surface area contributed by atoms with E-state index >= 15 is 0 Å². The molecule has 0 bridgehead atoms. The minimum Gasteiger partial charge on any atom is -0.480 e. The highest BCUT2D eigenvalue weighted by atomic mass is 16.4. The van der Waals surface area contributed by atoms with Gasteiger partial charge in [0.2, 0.25) is 5.91 Å². The summed E-state index contributed by atoms with van der Waals surface area (Å²) in [5.74, 6) is -1.33. The molecule has 7 nitrogen and oxygen atoms in total. The highest BCUT2D eigenvalue weighted by molar-refractivity contribution is 5.95. The van der Waals surface area contributed by atoms with Crippen LogP contribution in [-0.4, -0.2) is 42.6 Å². The van der Waals surface area contributed by atoms with Gasteiger partial charge in [-0.1, -0.05) is 13.8 Å². The molecular formula is C9H17N3O4. The minimum absolute atomic E-state index is 0.207. The lowest BCUT2D eigenvalue weighted by Gasteiger charge is -2.08. The van der Waals surface area contributed by atoms with E-state index in [1.54, 1.807) is 0 Å². The zero-order chi connectivity index (χ0) is 12.6. The average molecular weight is 231 g/mol. The van der Waals surface area contributed by atoms with E-state index in [-0.39, 0.29) is 13.1 Å². The van der Waals surface area contributed by atoms with Crippen LogP contribution in [0.1, 0.15) is 13.8 Å². The van der Waals surface area contributed by atoms with Crippen LogP contribution in [0.15, 0.2) is 0 Å². The molecule has 4 N–H and O–H groups in total. The maximum Gasteiger partial charge on any atom is 0.321 e. The zero-order valence-corrected chi connectivity index (χ0v) is 9.37. The van der Waals surface area contributed by atoms with Crippen molar-refractivity contribution in [1.29, 1.82) is 0 Å². The minimum atomic E-state index is -1.06. The molecule has 0 saturated heterocycles. The summed E-state index contributed by atoms with van der Waals surface area (Å²) in [6, 6.07) is -0.573. The molecule has 0 aliphatic carbocycles. The van der Waals surface area contributed by atoms with E-state index < -0.39 is 17.9 Å². The number of aliphatic carboxylic acids is 1. The Balaban J connectivity index is 3.62. The van der Waals surface area contributed by atoms with Gasteiger partial charge in [0, 0.05) is 6.54 Å². The van der Waals surface area contributed by atoms with Gasteiger partial charge in [0.15, 0.2) is 0 Å². The van der Waals surface area contributed by atoms with Gasteiger partial charge < -0.3 is 10.4 Å². The first kappa shape index (κ1) is 14.4. The second-order valence-electron chi connectivity index (χ2n) is 3.65. The topological polar surface area (TPSA) is 108 Å². The maximum atomic E-state index is 11.1. The van der Waals surface area contributed by atoms with Gasteiger partial charge in [0.1, 0.15) is 0 Å². The molecule has 0 fully saturated rings. The SMILES string of the molecule is CC(C)CNC(=O)NC(=O)CNCC(=O)O. The highest BCUT2D eigenvalue weighted by Gasteiger charge is 2.07. The van der Waals surface area contributed by atoms with Crippen LogP contribution < -0.4 is 16.0 Å². The summed E-state index contributed by atoms with van der Waals surface area (Å²) in [6.45, 7) is 3.80. The van der Waals surface area contributed by atoms with E-state index in [0.29, 0.717) is 12.5 Å². The van der Waals surface area contributed by atoms with Crippen LogP contribution in [0.3, 0.4) is 0 Å². The molecule has 0 rings (SSSR count). The van der Waals surface area contributed by atoms with Gasteiger partial charge in [-0.15, -0.1) is 0 Å². The fourth-order valence-electron chi connectivity index (χ4n) is 0.795. The van der Waals surface area contributed by atoms with Gasteiger partial charge in [-0.05, 0) is 5.92 Å². The maximum absolute atomic E-state index is 11.1. The van der Waals surface area contributed by atoms with Gasteiger partial charge >= 0.3 is 12.0 Å². The molecule has 0 atom stereocenters. The van der Waals surface area contributed by atoms with Crippen molar-refractivity contribution >= 4 is 17.9 Å². The van der Waals surface area contributed by atoms with Gasteiger partial charge in [0.25, 0.3) is 0 Å². The van der Waals surface area contributed by atoms with Crippen molar-refractivity contribution in [2.24, 2.45) is 5.92 Å². The third-order valence-electron chi connectivity index (χ3n) is 1.49. The fourth-order valence-corrected chi connectivity index (χ4v) is 0.795. The third-order valence-corrected chi connectivity index (χ3v) is 1.49. The van der Waals surface area contributed by atoms with Crippen molar-refractivity contribution in [2.45, 2.75) is 13.8 Å². The number of carbonyl (C=O) groups excluding carboxylic acids is 2. The van der Waals surface area contributed by atoms with Crippen molar-refractivity contribution in [3.63, 3.8) is 0 Å². The predicted octanol–water partition coefficient (Wildman–Crippen LogP) is -0.858. The Hall–Kier alpha value is -1.63. The molecule has 0 heterocycles. The van der Waals surface area contributed by atoms with Gasteiger partial charge in [-0.2, -0.15) is 0 Å². The summed E-state index contributed by atoms with van der Waals surface area (Å²) < 4.78 is 0. The predicted molar refractivity (Wildman–Crippen MR) is 56.9 cm³/mol. The van der Waals surface area contributed by atoms with E-state index in [1.165, 1.54) is 0 Å². The Bertz CT molecular complexity index is 265. The van der Waals surface area contributed by atoms with Gasteiger partial charge in [-0.25, -0.2) is 4.79 Å². The summed E-state index contributed by atoms with van der Waals surface area (Å²) in [4.78, 5) is 32.2. The molecule has 7 heteroatoms. The summed E-state index contributed by atoms with van der Waals surface area (Å²) in [7, 11) is 0. The smallest absolute Gasteiger partial charge is 0.321 e. The fraction of sp³-hybridized carbons (Fsp3) is 0.667. The van der Waals surface area contributed by atoms with E-state index in [4.69, 9.17) is 5.11 Å². The Morgan fingerprint density at radius 3 is 2.31 bits per heavy atom. The van der Waals surface area contributed by atoms with Crippen LogP contribution in [-0.2, 0) is 9.59 Å². The standard InChI is InChI=1S/C9H17N3O4/c1-6(2)3-11-9(16)12-7(13)4-10-5-8(14)15/h6,10H,3-5H2,1-2H3,(H,14,15)(H2,11,12,13,16). The zero-order valence-electron chi connectivity index (χ0n) is 9.37. The first-order valence-electron chi connectivity index (χ1n) is 4.92. The molecule has 0 radical (unpaired) electrons. The second-order valence-corrected chi connectivity index (χ2v) is 3.65. The summed E-state index contributed by atoms with van der Waals surface area (Å²) >= 11 is 0. The number of carboxylic acids is 1. The molecule has 0 aromatic carbocycles. The molecule has 0 aliphatic rings. The number of amides is 3. The van der Waals surface area contributed by atoms with Crippen molar-refractivity contribution in [3.05, 3.63) is 0 Å². The largest absolute Gasteiger partial charge is 0.480 e. The van der Waals surface area contributed by atoms with Crippen molar-refractivity contribution < 1.29 is 19.5 Å². The molecule has 92 valence electrons. The van der Waals surface area contributed by atoms with Crippen molar-refractivity contribution in [1.82, 2.24) is 16.0 Å². The average Bonchev–Trinajstić information content (AvgIpc) is 2.14. The summed E-state index contributed by atoms with van der Waals surface area (Å²) in [5, 5.41) is 15.2.